The molecule has 0 bridgehead atoms. The van der Waals surface area contributed by atoms with Crippen LogP contribution in [-0.4, -0.2) is 20.5 Å². The van der Waals surface area contributed by atoms with Gasteiger partial charge in [0, 0.05) is 11.8 Å². The maximum absolute atomic E-state index is 12.7. The van der Waals surface area contributed by atoms with E-state index in [1.807, 2.05) is 49.4 Å². The molecular formula is C18H16N2O3S. The Labute approximate surface area is 142 Å². The molecule has 0 aliphatic rings. The SMILES string of the molecule is CCCc1c(/C=C/c2ccccc2)nc2sc(C(=O)O)cn2c1=O. The number of benzene rings is 1. The fraction of sp³-hybridized carbons (Fsp3) is 0.167. The van der Waals surface area contributed by atoms with Crippen molar-refractivity contribution in [2.45, 2.75) is 19.8 Å². The van der Waals surface area contributed by atoms with Crippen molar-refractivity contribution in [3.63, 3.8) is 0 Å². The number of fused-ring (bicyclic) bond motifs is 1. The summed E-state index contributed by atoms with van der Waals surface area (Å²) < 4.78 is 1.33. The first-order valence-electron chi connectivity index (χ1n) is 7.61. The van der Waals surface area contributed by atoms with Crippen LogP contribution in [0.2, 0.25) is 0 Å². The van der Waals surface area contributed by atoms with Gasteiger partial charge in [0.2, 0.25) is 0 Å². The lowest BCUT2D eigenvalue weighted by Crippen LogP contribution is -2.20. The van der Waals surface area contributed by atoms with Crippen LogP contribution in [0.1, 0.15) is 39.8 Å². The minimum absolute atomic E-state index is 0.103. The molecule has 24 heavy (non-hydrogen) atoms. The number of hydrogen-bond donors (Lipinski definition) is 1. The molecule has 0 aliphatic heterocycles. The Bertz CT molecular complexity index is 971. The second-order valence-corrected chi connectivity index (χ2v) is 6.34. The van der Waals surface area contributed by atoms with Gasteiger partial charge in [-0.15, -0.1) is 0 Å². The topological polar surface area (TPSA) is 71.7 Å². The highest BCUT2D eigenvalue weighted by atomic mass is 32.1. The van der Waals surface area contributed by atoms with Crippen LogP contribution >= 0.6 is 11.3 Å². The molecule has 0 saturated carbocycles. The molecule has 6 heteroatoms. The molecule has 0 atom stereocenters. The first-order chi connectivity index (χ1) is 11.6. The van der Waals surface area contributed by atoms with Gasteiger partial charge >= 0.3 is 5.97 Å². The summed E-state index contributed by atoms with van der Waals surface area (Å²) in [4.78, 5) is 28.8. The maximum Gasteiger partial charge on any atom is 0.347 e. The van der Waals surface area contributed by atoms with Crippen LogP contribution in [0.25, 0.3) is 17.1 Å². The molecule has 0 spiro atoms. The average molecular weight is 340 g/mol. The van der Waals surface area contributed by atoms with Gasteiger partial charge in [0.25, 0.3) is 5.56 Å². The van der Waals surface area contributed by atoms with Gasteiger partial charge in [-0.25, -0.2) is 9.78 Å². The van der Waals surface area contributed by atoms with Crippen LogP contribution in [0.4, 0.5) is 0 Å². The summed E-state index contributed by atoms with van der Waals surface area (Å²) in [7, 11) is 0. The third-order valence-electron chi connectivity index (χ3n) is 3.60. The molecule has 1 N–H and O–H groups in total. The Morgan fingerprint density at radius 1 is 1.29 bits per heavy atom. The molecule has 0 fully saturated rings. The predicted octanol–water partition coefficient (Wildman–Crippen LogP) is 3.58. The molecule has 5 nitrogen and oxygen atoms in total. The largest absolute Gasteiger partial charge is 0.477 e. The molecule has 0 aliphatic carbocycles. The van der Waals surface area contributed by atoms with E-state index in [0.29, 0.717) is 22.6 Å². The van der Waals surface area contributed by atoms with Gasteiger partial charge < -0.3 is 5.11 Å². The zero-order valence-corrected chi connectivity index (χ0v) is 13.9. The molecule has 0 saturated heterocycles. The number of carboxylic acids is 1. The average Bonchev–Trinajstić information content (AvgIpc) is 3.01. The van der Waals surface area contributed by atoms with Gasteiger partial charge in [-0.3, -0.25) is 9.20 Å². The third kappa shape index (κ3) is 3.14. The van der Waals surface area contributed by atoms with E-state index in [4.69, 9.17) is 5.11 Å². The van der Waals surface area contributed by atoms with E-state index in [1.165, 1.54) is 10.6 Å². The Morgan fingerprint density at radius 3 is 2.71 bits per heavy atom. The summed E-state index contributed by atoms with van der Waals surface area (Å²) in [5.74, 6) is -1.05. The van der Waals surface area contributed by atoms with Crippen LogP contribution in [0.15, 0.2) is 41.3 Å². The van der Waals surface area contributed by atoms with E-state index in [-0.39, 0.29) is 10.4 Å². The van der Waals surface area contributed by atoms with E-state index in [0.717, 1.165) is 23.3 Å². The van der Waals surface area contributed by atoms with Crippen LogP contribution in [0, 0.1) is 0 Å². The number of rotatable bonds is 5. The molecule has 2 heterocycles. The number of nitrogens with zero attached hydrogens (tertiary/aromatic N) is 2. The predicted molar refractivity (Wildman–Crippen MR) is 95.7 cm³/mol. The minimum Gasteiger partial charge on any atom is -0.477 e. The van der Waals surface area contributed by atoms with Crippen molar-refractivity contribution < 1.29 is 9.90 Å². The van der Waals surface area contributed by atoms with Gasteiger partial charge in [0.15, 0.2) is 4.96 Å². The van der Waals surface area contributed by atoms with Crippen LogP contribution in [0.5, 0.6) is 0 Å². The van der Waals surface area contributed by atoms with Crippen LogP contribution in [0.3, 0.4) is 0 Å². The molecule has 3 rings (SSSR count). The highest BCUT2D eigenvalue weighted by molar-refractivity contribution is 7.18. The third-order valence-corrected chi connectivity index (χ3v) is 4.57. The molecule has 1 aromatic carbocycles. The fourth-order valence-electron chi connectivity index (χ4n) is 2.46. The monoisotopic (exact) mass is 340 g/mol. The van der Waals surface area contributed by atoms with E-state index in [1.54, 1.807) is 0 Å². The highest BCUT2D eigenvalue weighted by Gasteiger charge is 2.15. The first-order valence-corrected chi connectivity index (χ1v) is 8.43. The molecule has 0 amide bonds. The molecule has 3 aromatic rings. The van der Waals surface area contributed by atoms with Crippen molar-refractivity contribution in [1.29, 1.82) is 0 Å². The number of carboxylic acid groups (broad SMARTS) is 1. The zero-order chi connectivity index (χ0) is 17.1. The van der Waals surface area contributed by atoms with E-state index < -0.39 is 5.97 Å². The lowest BCUT2D eigenvalue weighted by molar-refractivity contribution is 0.0701. The second kappa shape index (κ2) is 6.80. The van der Waals surface area contributed by atoms with Gasteiger partial charge in [-0.05, 0) is 18.1 Å². The Hall–Kier alpha value is -2.73. The van der Waals surface area contributed by atoms with Gasteiger partial charge in [-0.2, -0.15) is 0 Å². The van der Waals surface area contributed by atoms with Gasteiger partial charge in [-0.1, -0.05) is 61.1 Å². The first kappa shape index (κ1) is 16.1. The molecule has 0 unspecified atom stereocenters. The van der Waals surface area contributed by atoms with Crippen LogP contribution in [-0.2, 0) is 6.42 Å². The number of aromatic carboxylic acids is 1. The smallest absolute Gasteiger partial charge is 0.347 e. The number of thiazole rings is 1. The normalized spacial score (nSPS) is 11.4. The molecule has 2 aromatic heterocycles. The van der Waals surface area contributed by atoms with Crippen molar-refractivity contribution in [2.24, 2.45) is 0 Å². The van der Waals surface area contributed by atoms with Gasteiger partial charge in [0.05, 0.1) is 5.69 Å². The molecule has 0 radical (unpaired) electrons. The number of hydrogen-bond acceptors (Lipinski definition) is 4. The van der Waals surface area contributed by atoms with Crippen molar-refractivity contribution in [1.82, 2.24) is 9.38 Å². The second-order valence-electron chi connectivity index (χ2n) is 5.33. The zero-order valence-electron chi connectivity index (χ0n) is 13.1. The van der Waals surface area contributed by atoms with Crippen molar-refractivity contribution in [3.05, 3.63) is 68.6 Å². The van der Waals surface area contributed by atoms with Crippen molar-refractivity contribution in [3.8, 4) is 0 Å². The number of aromatic nitrogens is 2. The molecular weight excluding hydrogens is 324 g/mol. The Kier molecular flexibility index (Phi) is 4.57. The van der Waals surface area contributed by atoms with E-state index in [2.05, 4.69) is 4.98 Å². The standard InChI is InChI=1S/C18H16N2O3S/c1-2-6-13-14(10-9-12-7-4-3-5-8-12)19-18-20(16(13)21)11-15(24-18)17(22)23/h3-5,7-11H,2,6H2,1H3,(H,22,23)/b10-9+. The lowest BCUT2D eigenvalue weighted by atomic mass is 10.1. The minimum atomic E-state index is -1.05. The van der Waals surface area contributed by atoms with E-state index >= 15 is 0 Å². The summed E-state index contributed by atoms with van der Waals surface area (Å²) in [6, 6.07) is 9.76. The van der Waals surface area contributed by atoms with E-state index in [9.17, 15) is 9.59 Å². The summed E-state index contributed by atoms with van der Waals surface area (Å²) >= 11 is 1.00. The van der Waals surface area contributed by atoms with Crippen molar-refractivity contribution >= 4 is 34.4 Å². The van der Waals surface area contributed by atoms with Crippen molar-refractivity contribution in [2.75, 3.05) is 0 Å². The summed E-state index contributed by atoms with van der Waals surface area (Å²) in [6.45, 7) is 2.00. The Morgan fingerprint density at radius 2 is 2.04 bits per heavy atom. The molecule has 122 valence electrons. The number of carbonyl (C=O) groups is 1. The lowest BCUT2D eigenvalue weighted by Gasteiger charge is -2.04. The quantitative estimate of drug-likeness (QED) is 0.770. The van der Waals surface area contributed by atoms with Crippen LogP contribution < -0.4 is 5.56 Å². The highest BCUT2D eigenvalue weighted by Crippen LogP contribution is 2.18. The Balaban J connectivity index is 2.14. The summed E-state index contributed by atoms with van der Waals surface area (Å²) in [6.07, 6.45) is 6.49. The van der Waals surface area contributed by atoms with Gasteiger partial charge in [0.1, 0.15) is 4.88 Å². The summed E-state index contributed by atoms with van der Waals surface area (Å²) in [5.41, 5.74) is 2.03. The fourth-order valence-corrected chi connectivity index (χ4v) is 3.28. The summed E-state index contributed by atoms with van der Waals surface area (Å²) in [5, 5.41) is 9.12. The maximum atomic E-state index is 12.7.